The topological polar surface area (TPSA) is 52.7 Å². The van der Waals surface area contributed by atoms with E-state index in [1.165, 1.54) is 19.3 Å². The predicted octanol–water partition coefficient (Wildman–Crippen LogP) is 2.94. The molecule has 5 heteroatoms. The lowest BCUT2D eigenvalue weighted by Gasteiger charge is -2.44. The van der Waals surface area contributed by atoms with Gasteiger partial charge in [-0.1, -0.05) is 26.2 Å². The average molecular weight is 376 g/mol. The standard InChI is InChI=1S/C22H37N3O2/c1-22(11-3-2-4-12-22)21(27)24-14-9-19(10-15-24)25-13-5-6-17(16-25)20(26)23-18-7-8-18/h17-19H,2-16H2,1H3,(H,23,26)/t17-/m0/s1. The van der Waals surface area contributed by atoms with Gasteiger partial charge in [0.15, 0.2) is 0 Å². The highest BCUT2D eigenvalue weighted by Gasteiger charge is 2.40. The number of rotatable bonds is 4. The zero-order chi connectivity index (χ0) is 18.9. The van der Waals surface area contributed by atoms with Crippen molar-refractivity contribution in [2.75, 3.05) is 26.2 Å². The highest BCUT2D eigenvalue weighted by Crippen LogP contribution is 2.38. The van der Waals surface area contributed by atoms with Gasteiger partial charge in [0.25, 0.3) is 0 Å². The van der Waals surface area contributed by atoms with Crippen LogP contribution in [0.15, 0.2) is 0 Å². The Morgan fingerprint density at radius 3 is 2.26 bits per heavy atom. The molecule has 152 valence electrons. The van der Waals surface area contributed by atoms with Gasteiger partial charge in [0.05, 0.1) is 5.92 Å². The number of piperidine rings is 2. The highest BCUT2D eigenvalue weighted by atomic mass is 16.2. The van der Waals surface area contributed by atoms with Crippen LogP contribution in [0.1, 0.15) is 77.6 Å². The first-order valence-electron chi connectivity index (χ1n) is 11.4. The van der Waals surface area contributed by atoms with Crippen LogP contribution >= 0.6 is 0 Å². The lowest BCUT2D eigenvalue weighted by molar-refractivity contribution is -0.144. The van der Waals surface area contributed by atoms with Crippen LogP contribution in [-0.2, 0) is 9.59 Å². The summed E-state index contributed by atoms with van der Waals surface area (Å²) in [5.41, 5.74) is -0.109. The van der Waals surface area contributed by atoms with Crippen molar-refractivity contribution in [3.05, 3.63) is 0 Å². The molecule has 0 bridgehead atoms. The van der Waals surface area contributed by atoms with Gasteiger partial charge in [0.2, 0.25) is 11.8 Å². The first-order valence-corrected chi connectivity index (χ1v) is 11.4. The summed E-state index contributed by atoms with van der Waals surface area (Å²) in [6.45, 7) is 6.01. The molecule has 4 fully saturated rings. The second-order valence-electron chi connectivity index (χ2n) is 9.76. The molecule has 2 saturated heterocycles. The Hall–Kier alpha value is -1.10. The third kappa shape index (κ3) is 4.49. The van der Waals surface area contributed by atoms with Crippen LogP contribution in [0.25, 0.3) is 0 Å². The van der Waals surface area contributed by atoms with Gasteiger partial charge in [-0.15, -0.1) is 0 Å². The van der Waals surface area contributed by atoms with Crippen molar-refractivity contribution in [2.24, 2.45) is 11.3 Å². The maximum absolute atomic E-state index is 13.1. The van der Waals surface area contributed by atoms with Crippen LogP contribution in [0, 0.1) is 11.3 Å². The normalized spacial score (nSPS) is 30.1. The quantitative estimate of drug-likeness (QED) is 0.822. The Morgan fingerprint density at radius 1 is 0.889 bits per heavy atom. The van der Waals surface area contributed by atoms with Crippen molar-refractivity contribution in [3.63, 3.8) is 0 Å². The first-order chi connectivity index (χ1) is 13.0. The smallest absolute Gasteiger partial charge is 0.228 e. The Morgan fingerprint density at radius 2 is 1.59 bits per heavy atom. The van der Waals surface area contributed by atoms with Gasteiger partial charge in [-0.3, -0.25) is 14.5 Å². The fraction of sp³-hybridized carbons (Fsp3) is 0.909. The lowest BCUT2D eigenvalue weighted by Crippen LogP contribution is -2.53. The van der Waals surface area contributed by atoms with E-state index in [0.717, 1.165) is 77.5 Å². The van der Waals surface area contributed by atoms with Gasteiger partial charge in [-0.05, 0) is 57.9 Å². The van der Waals surface area contributed by atoms with Gasteiger partial charge < -0.3 is 10.2 Å². The molecule has 1 N–H and O–H groups in total. The Balaban J connectivity index is 1.27. The zero-order valence-corrected chi connectivity index (χ0v) is 17.0. The van der Waals surface area contributed by atoms with Crippen molar-refractivity contribution in [3.8, 4) is 0 Å². The minimum atomic E-state index is -0.109. The first kappa shape index (κ1) is 19.2. The lowest BCUT2D eigenvalue weighted by atomic mass is 9.74. The molecule has 2 aliphatic carbocycles. The van der Waals surface area contributed by atoms with Gasteiger partial charge in [0, 0.05) is 37.1 Å². The van der Waals surface area contributed by atoms with Crippen LogP contribution in [0.3, 0.4) is 0 Å². The molecule has 1 atom stereocenters. The molecule has 0 radical (unpaired) electrons. The fourth-order valence-corrected chi connectivity index (χ4v) is 5.46. The van der Waals surface area contributed by atoms with E-state index in [-0.39, 0.29) is 17.2 Å². The summed E-state index contributed by atoms with van der Waals surface area (Å²) in [5.74, 6) is 0.848. The van der Waals surface area contributed by atoms with Crippen LogP contribution in [-0.4, -0.2) is 59.9 Å². The van der Waals surface area contributed by atoms with E-state index in [4.69, 9.17) is 0 Å². The number of hydrogen-bond acceptors (Lipinski definition) is 3. The maximum atomic E-state index is 13.1. The monoisotopic (exact) mass is 375 g/mol. The van der Waals surface area contributed by atoms with E-state index in [1.807, 2.05) is 0 Å². The second kappa shape index (κ2) is 8.10. The number of nitrogens with one attached hydrogen (secondary N) is 1. The molecule has 2 amide bonds. The maximum Gasteiger partial charge on any atom is 0.228 e. The Kier molecular flexibility index (Phi) is 5.77. The summed E-state index contributed by atoms with van der Waals surface area (Å²) in [5, 5.41) is 3.19. The number of carbonyl (C=O) groups excluding carboxylic acids is 2. The SMILES string of the molecule is CC1(C(=O)N2CCC(N3CCC[C@H](C(=O)NC4CC4)C3)CC2)CCCCC1. The molecule has 27 heavy (non-hydrogen) atoms. The van der Waals surface area contributed by atoms with Crippen molar-refractivity contribution < 1.29 is 9.59 Å². The predicted molar refractivity (Wildman–Crippen MR) is 106 cm³/mol. The number of hydrogen-bond donors (Lipinski definition) is 1. The highest BCUT2D eigenvalue weighted by molar-refractivity contribution is 5.82. The molecule has 4 rings (SSSR count). The number of nitrogens with zero attached hydrogens (tertiary/aromatic N) is 2. The van der Waals surface area contributed by atoms with Crippen molar-refractivity contribution in [1.29, 1.82) is 0 Å². The summed E-state index contributed by atoms with van der Waals surface area (Å²) in [4.78, 5) is 30.2. The van der Waals surface area contributed by atoms with Gasteiger partial charge in [-0.2, -0.15) is 0 Å². The van der Waals surface area contributed by atoms with Crippen molar-refractivity contribution in [1.82, 2.24) is 15.1 Å². The average Bonchev–Trinajstić information content (AvgIpc) is 3.52. The van der Waals surface area contributed by atoms with Crippen LogP contribution in [0.4, 0.5) is 0 Å². The van der Waals surface area contributed by atoms with Gasteiger partial charge >= 0.3 is 0 Å². The molecular formula is C22H37N3O2. The van der Waals surface area contributed by atoms with E-state index in [2.05, 4.69) is 22.0 Å². The van der Waals surface area contributed by atoms with Gasteiger partial charge in [0.1, 0.15) is 0 Å². The molecule has 2 heterocycles. The summed E-state index contributed by atoms with van der Waals surface area (Å²) in [7, 11) is 0. The molecule has 0 aromatic carbocycles. The molecular weight excluding hydrogens is 338 g/mol. The zero-order valence-electron chi connectivity index (χ0n) is 17.0. The summed E-state index contributed by atoms with van der Waals surface area (Å²) in [6.07, 6.45) is 12.4. The fourth-order valence-electron chi connectivity index (χ4n) is 5.46. The van der Waals surface area contributed by atoms with Gasteiger partial charge in [-0.25, -0.2) is 0 Å². The summed E-state index contributed by atoms with van der Waals surface area (Å²) < 4.78 is 0. The molecule has 0 spiro atoms. The molecule has 2 aliphatic heterocycles. The van der Waals surface area contributed by atoms with Crippen LogP contribution in [0.2, 0.25) is 0 Å². The number of carbonyl (C=O) groups is 2. The largest absolute Gasteiger partial charge is 0.353 e. The minimum Gasteiger partial charge on any atom is -0.353 e. The summed E-state index contributed by atoms with van der Waals surface area (Å²) >= 11 is 0. The van der Waals surface area contributed by atoms with E-state index in [1.54, 1.807) is 0 Å². The summed E-state index contributed by atoms with van der Waals surface area (Å²) in [6, 6.07) is 1.01. The van der Waals surface area contributed by atoms with Crippen molar-refractivity contribution in [2.45, 2.75) is 89.6 Å². The molecule has 0 aromatic rings. The molecule has 0 unspecified atom stereocenters. The molecule has 0 aromatic heterocycles. The van der Waals surface area contributed by atoms with E-state index in [0.29, 0.717) is 18.0 Å². The molecule has 5 nitrogen and oxygen atoms in total. The van der Waals surface area contributed by atoms with E-state index >= 15 is 0 Å². The van der Waals surface area contributed by atoms with Crippen molar-refractivity contribution >= 4 is 11.8 Å². The third-order valence-electron chi connectivity index (χ3n) is 7.49. The van der Waals surface area contributed by atoms with E-state index in [9.17, 15) is 9.59 Å². The van der Waals surface area contributed by atoms with E-state index < -0.39 is 0 Å². The Labute approximate surface area is 164 Å². The third-order valence-corrected chi connectivity index (χ3v) is 7.49. The number of amides is 2. The minimum absolute atomic E-state index is 0.109. The second-order valence-corrected chi connectivity index (χ2v) is 9.76. The van der Waals surface area contributed by atoms with Crippen LogP contribution in [0.5, 0.6) is 0 Å². The molecule has 4 aliphatic rings. The Bertz CT molecular complexity index is 546. The number of likely N-dealkylation sites (tertiary alicyclic amines) is 2. The molecule has 2 saturated carbocycles. The van der Waals surface area contributed by atoms with Crippen LogP contribution < -0.4 is 5.32 Å².